The lowest BCUT2D eigenvalue weighted by Crippen LogP contribution is -2.36. The van der Waals surface area contributed by atoms with Gasteiger partial charge in [-0.15, -0.1) is 0 Å². The lowest BCUT2D eigenvalue weighted by molar-refractivity contribution is -0.159. The number of benzene rings is 2. The van der Waals surface area contributed by atoms with Crippen molar-refractivity contribution in [3.05, 3.63) is 52.5 Å². The van der Waals surface area contributed by atoms with E-state index in [-0.39, 0.29) is 4.90 Å². The molecule has 0 unspecified atom stereocenters. The van der Waals surface area contributed by atoms with Crippen LogP contribution in [0.2, 0.25) is 5.02 Å². The number of carbonyl (C=O) groups is 2. The largest absolute Gasteiger partial charge is 0.478 e. The third kappa shape index (κ3) is 5.00. The number of fused-ring (bicyclic) bond motifs is 1. The number of rotatable bonds is 6. The van der Waals surface area contributed by atoms with Crippen LogP contribution in [0, 0.1) is 6.92 Å². The Morgan fingerprint density at radius 1 is 1.23 bits per heavy atom. The predicted molar refractivity (Wildman–Crippen MR) is 116 cm³/mol. The Morgan fingerprint density at radius 2 is 1.94 bits per heavy atom. The second-order valence-corrected chi connectivity index (χ2v) is 9.98. The first kappa shape index (κ1) is 23.1. The topological polar surface area (TPSA) is 102 Å². The number of hydrogen-bond acceptors (Lipinski definition) is 6. The van der Waals surface area contributed by atoms with Crippen LogP contribution in [-0.4, -0.2) is 50.9 Å². The van der Waals surface area contributed by atoms with Gasteiger partial charge in [0.25, 0.3) is 5.91 Å². The van der Waals surface area contributed by atoms with Crippen molar-refractivity contribution in [2.75, 3.05) is 19.4 Å². The van der Waals surface area contributed by atoms with Crippen molar-refractivity contribution in [3.63, 3.8) is 0 Å². The molecule has 8 nitrogen and oxygen atoms in total. The van der Waals surface area contributed by atoms with Gasteiger partial charge in [-0.1, -0.05) is 17.7 Å². The Balaban J connectivity index is 1.65. The Labute approximate surface area is 186 Å². The van der Waals surface area contributed by atoms with Crippen LogP contribution < -0.4 is 10.1 Å². The second kappa shape index (κ2) is 8.86. The Kier molecular flexibility index (Phi) is 6.59. The highest BCUT2D eigenvalue weighted by molar-refractivity contribution is 7.89. The van der Waals surface area contributed by atoms with Gasteiger partial charge < -0.3 is 14.8 Å². The number of nitrogens with one attached hydrogen (secondary N) is 1. The number of anilines is 1. The summed E-state index contributed by atoms with van der Waals surface area (Å²) in [5.41, 5.74) is 1.77. The van der Waals surface area contributed by atoms with E-state index in [1.54, 1.807) is 31.2 Å². The van der Waals surface area contributed by atoms with E-state index >= 15 is 0 Å². The number of halogens is 1. The zero-order valence-corrected chi connectivity index (χ0v) is 19.1. The molecule has 0 bridgehead atoms. The maximum atomic E-state index is 12.6. The standard InChI is InChI=1S/C21H23ClN2O6S/c1-12-5-7-16(31(27,28)24(3)4)11-17(12)23-20(25)13(2)29-21(26)19-10-14-9-15(22)6-8-18(14)30-19/h5-9,11,13,19H,10H2,1-4H3,(H,23,25)/t13-,19-/m0/s1. The zero-order valence-electron chi connectivity index (χ0n) is 17.5. The van der Waals surface area contributed by atoms with E-state index in [0.717, 1.165) is 9.87 Å². The fourth-order valence-electron chi connectivity index (χ4n) is 2.99. The third-order valence-corrected chi connectivity index (χ3v) is 6.91. The fourth-order valence-corrected chi connectivity index (χ4v) is 4.12. The van der Waals surface area contributed by atoms with Crippen LogP contribution in [0.25, 0.3) is 0 Å². The van der Waals surface area contributed by atoms with E-state index in [0.29, 0.717) is 28.4 Å². The Morgan fingerprint density at radius 3 is 2.61 bits per heavy atom. The Hall–Kier alpha value is -2.62. The molecule has 0 fully saturated rings. The van der Waals surface area contributed by atoms with E-state index < -0.39 is 34.1 Å². The normalized spacial score (nSPS) is 16.4. The predicted octanol–water partition coefficient (Wildman–Crippen LogP) is 2.77. The van der Waals surface area contributed by atoms with Crippen molar-refractivity contribution in [2.45, 2.75) is 37.4 Å². The first-order chi connectivity index (χ1) is 14.5. The number of nitrogens with zero attached hydrogens (tertiary/aromatic N) is 1. The molecule has 1 aliphatic rings. The van der Waals surface area contributed by atoms with Crippen LogP contribution in [0.15, 0.2) is 41.3 Å². The third-order valence-electron chi connectivity index (χ3n) is 4.87. The number of carbonyl (C=O) groups excluding carboxylic acids is 2. The van der Waals surface area contributed by atoms with Crippen LogP contribution in [0.5, 0.6) is 5.75 Å². The van der Waals surface area contributed by atoms with Crippen LogP contribution in [0.4, 0.5) is 5.69 Å². The monoisotopic (exact) mass is 466 g/mol. The van der Waals surface area contributed by atoms with E-state index in [1.165, 1.54) is 33.2 Å². The number of esters is 1. The molecule has 1 heterocycles. The second-order valence-electron chi connectivity index (χ2n) is 7.40. The maximum absolute atomic E-state index is 12.6. The van der Waals surface area contributed by atoms with Gasteiger partial charge in [-0.2, -0.15) is 0 Å². The molecular formula is C21H23ClN2O6S. The molecule has 0 aromatic heterocycles. The molecule has 2 aromatic carbocycles. The van der Waals surface area contributed by atoms with E-state index in [2.05, 4.69) is 5.32 Å². The van der Waals surface area contributed by atoms with Gasteiger partial charge >= 0.3 is 5.97 Å². The molecule has 166 valence electrons. The maximum Gasteiger partial charge on any atom is 0.348 e. The van der Waals surface area contributed by atoms with Gasteiger partial charge in [-0.3, -0.25) is 4.79 Å². The highest BCUT2D eigenvalue weighted by Crippen LogP contribution is 2.31. The SMILES string of the molecule is Cc1ccc(S(=O)(=O)N(C)C)cc1NC(=O)[C@H](C)OC(=O)[C@@H]1Cc2cc(Cl)ccc2O1. The molecule has 2 aromatic rings. The van der Waals surface area contributed by atoms with Gasteiger partial charge in [0.2, 0.25) is 10.0 Å². The molecule has 1 aliphatic heterocycles. The van der Waals surface area contributed by atoms with Crippen LogP contribution >= 0.6 is 11.6 Å². The smallest absolute Gasteiger partial charge is 0.348 e. The van der Waals surface area contributed by atoms with E-state index in [1.807, 2.05) is 0 Å². The summed E-state index contributed by atoms with van der Waals surface area (Å²) in [5, 5.41) is 3.16. The van der Waals surface area contributed by atoms with Crippen molar-refractivity contribution in [1.29, 1.82) is 0 Å². The fraction of sp³-hybridized carbons (Fsp3) is 0.333. The molecule has 10 heteroatoms. The number of amides is 1. The molecule has 2 atom stereocenters. The van der Waals surface area contributed by atoms with Crippen molar-refractivity contribution < 1.29 is 27.5 Å². The summed E-state index contributed by atoms with van der Waals surface area (Å²) in [5.74, 6) is -0.706. The van der Waals surface area contributed by atoms with Crippen LogP contribution in [0.3, 0.4) is 0 Å². The summed E-state index contributed by atoms with van der Waals surface area (Å²) < 4.78 is 36.6. The minimum absolute atomic E-state index is 0.0406. The van der Waals surface area contributed by atoms with Gasteiger partial charge in [0.05, 0.1) is 4.90 Å². The average Bonchev–Trinajstić information content (AvgIpc) is 3.12. The summed E-state index contributed by atoms with van der Waals surface area (Å²) in [6.45, 7) is 3.16. The molecule has 3 rings (SSSR count). The first-order valence-electron chi connectivity index (χ1n) is 9.48. The summed E-state index contributed by atoms with van der Waals surface area (Å²) in [7, 11) is -0.815. The molecule has 31 heavy (non-hydrogen) atoms. The zero-order chi connectivity index (χ0) is 22.9. The molecule has 0 spiro atoms. The molecule has 0 aliphatic carbocycles. The van der Waals surface area contributed by atoms with Crippen molar-refractivity contribution >= 4 is 39.2 Å². The molecule has 0 saturated carbocycles. The molecule has 1 amide bonds. The molecule has 0 saturated heterocycles. The summed E-state index contributed by atoms with van der Waals surface area (Å²) in [6, 6.07) is 9.49. The first-order valence-corrected chi connectivity index (χ1v) is 11.3. The molecular weight excluding hydrogens is 444 g/mol. The van der Waals surface area contributed by atoms with Crippen LogP contribution in [-0.2, 0) is 30.8 Å². The lowest BCUT2D eigenvalue weighted by Gasteiger charge is -2.18. The number of ether oxygens (including phenoxy) is 2. The average molecular weight is 467 g/mol. The quantitative estimate of drug-likeness (QED) is 0.657. The van der Waals surface area contributed by atoms with Gasteiger partial charge in [-0.25, -0.2) is 17.5 Å². The van der Waals surface area contributed by atoms with Gasteiger partial charge in [0.15, 0.2) is 12.2 Å². The molecule has 0 radical (unpaired) electrons. The Bertz CT molecular complexity index is 1130. The highest BCUT2D eigenvalue weighted by atomic mass is 35.5. The van der Waals surface area contributed by atoms with Gasteiger partial charge in [0.1, 0.15) is 5.75 Å². The molecule has 1 N–H and O–H groups in total. The number of sulfonamides is 1. The number of hydrogen-bond donors (Lipinski definition) is 1. The van der Waals surface area contributed by atoms with E-state index in [4.69, 9.17) is 21.1 Å². The van der Waals surface area contributed by atoms with E-state index in [9.17, 15) is 18.0 Å². The van der Waals surface area contributed by atoms with Gasteiger partial charge in [0, 0.05) is 31.2 Å². The van der Waals surface area contributed by atoms with Crippen molar-refractivity contribution in [1.82, 2.24) is 4.31 Å². The van der Waals surface area contributed by atoms with Crippen LogP contribution in [0.1, 0.15) is 18.1 Å². The highest BCUT2D eigenvalue weighted by Gasteiger charge is 2.33. The summed E-state index contributed by atoms with van der Waals surface area (Å²) in [4.78, 5) is 25.1. The summed E-state index contributed by atoms with van der Waals surface area (Å²) >= 11 is 5.96. The minimum Gasteiger partial charge on any atom is -0.478 e. The van der Waals surface area contributed by atoms with Crippen molar-refractivity contribution in [3.8, 4) is 5.75 Å². The summed E-state index contributed by atoms with van der Waals surface area (Å²) in [6.07, 6.45) is -1.68. The lowest BCUT2D eigenvalue weighted by atomic mass is 10.1. The van der Waals surface area contributed by atoms with Gasteiger partial charge in [-0.05, 0) is 55.3 Å². The van der Waals surface area contributed by atoms with Crippen molar-refractivity contribution in [2.24, 2.45) is 0 Å². The minimum atomic E-state index is -3.66. The number of aryl methyl sites for hydroxylation is 1.